The minimum Gasteiger partial charge on any atom is -0.350 e. The number of nitrogens with zero attached hydrogens (tertiary/aromatic N) is 1. The summed E-state index contributed by atoms with van der Waals surface area (Å²) in [6, 6.07) is 21.6. The number of hydrogen-bond acceptors (Lipinski definition) is 4. The van der Waals surface area contributed by atoms with E-state index < -0.39 is 10.0 Å². The van der Waals surface area contributed by atoms with Crippen LogP contribution in [0, 0.1) is 13.8 Å². The standard InChI is InChI=1S/C25H29N3O3S/c1-18-10-13-21(14-11-18)27-32(30,31)22-15-12-19(2)23(16-22)25(29)26-17-24(28(3)4)20-8-6-5-7-9-20/h5-16,24,27H,17H2,1-4H3,(H,26,29)/t24-/m0/s1. The summed E-state index contributed by atoms with van der Waals surface area (Å²) in [5.74, 6) is -0.308. The van der Waals surface area contributed by atoms with Crippen LogP contribution in [0.4, 0.5) is 5.69 Å². The van der Waals surface area contributed by atoms with Gasteiger partial charge in [0.05, 0.1) is 10.9 Å². The number of carbonyl (C=O) groups is 1. The maximum atomic E-state index is 13.0. The molecule has 1 atom stereocenters. The molecule has 0 fully saturated rings. The number of aryl methyl sites for hydroxylation is 2. The number of nitrogens with one attached hydrogen (secondary N) is 2. The van der Waals surface area contributed by atoms with E-state index in [0.717, 1.165) is 11.1 Å². The lowest BCUT2D eigenvalue weighted by atomic mass is 10.1. The lowest BCUT2D eigenvalue weighted by Gasteiger charge is -2.25. The zero-order valence-electron chi connectivity index (χ0n) is 18.8. The third-order valence-corrected chi connectivity index (χ3v) is 6.71. The third-order valence-electron chi connectivity index (χ3n) is 5.33. The van der Waals surface area contributed by atoms with E-state index in [1.807, 2.05) is 68.4 Å². The fourth-order valence-corrected chi connectivity index (χ4v) is 4.49. The molecule has 1 amide bonds. The van der Waals surface area contributed by atoms with Crippen LogP contribution in [-0.4, -0.2) is 39.9 Å². The molecular weight excluding hydrogens is 422 g/mol. The molecule has 7 heteroatoms. The molecule has 2 N–H and O–H groups in total. The first-order valence-corrected chi connectivity index (χ1v) is 11.9. The summed E-state index contributed by atoms with van der Waals surface area (Å²) < 4.78 is 28.3. The third kappa shape index (κ3) is 5.75. The Morgan fingerprint density at radius 1 is 0.938 bits per heavy atom. The Balaban J connectivity index is 1.78. The van der Waals surface area contributed by atoms with E-state index in [9.17, 15) is 13.2 Å². The number of rotatable bonds is 8. The molecule has 0 spiro atoms. The van der Waals surface area contributed by atoms with Crippen molar-refractivity contribution >= 4 is 21.6 Å². The molecule has 3 aromatic rings. The molecule has 168 valence electrons. The largest absolute Gasteiger partial charge is 0.350 e. The summed E-state index contributed by atoms with van der Waals surface area (Å²) in [4.78, 5) is 15.0. The topological polar surface area (TPSA) is 78.5 Å². The fraction of sp³-hybridized carbons (Fsp3) is 0.240. The Hall–Kier alpha value is -3.16. The Kier molecular flexibility index (Phi) is 7.33. The lowest BCUT2D eigenvalue weighted by Crippen LogP contribution is -2.35. The van der Waals surface area contributed by atoms with E-state index in [2.05, 4.69) is 10.0 Å². The summed E-state index contributed by atoms with van der Waals surface area (Å²) in [5.41, 5.74) is 3.64. The zero-order chi connectivity index (χ0) is 23.3. The van der Waals surface area contributed by atoms with Crippen molar-refractivity contribution in [1.29, 1.82) is 0 Å². The maximum absolute atomic E-state index is 13.0. The van der Waals surface area contributed by atoms with E-state index in [1.54, 1.807) is 25.1 Å². The first kappa shape index (κ1) is 23.5. The first-order chi connectivity index (χ1) is 15.2. The van der Waals surface area contributed by atoms with Gasteiger partial charge in [0, 0.05) is 17.8 Å². The smallest absolute Gasteiger partial charge is 0.261 e. The summed E-state index contributed by atoms with van der Waals surface area (Å²) in [5, 5.41) is 2.96. The van der Waals surface area contributed by atoms with Gasteiger partial charge in [-0.15, -0.1) is 0 Å². The van der Waals surface area contributed by atoms with Crippen LogP contribution in [0.25, 0.3) is 0 Å². The highest BCUT2D eigenvalue weighted by Gasteiger charge is 2.20. The zero-order valence-corrected chi connectivity index (χ0v) is 19.6. The van der Waals surface area contributed by atoms with Gasteiger partial charge in [-0.2, -0.15) is 0 Å². The second-order valence-corrected chi connectivity index (χ2v) is 9.73. The molecular formula is C25H29N3O3S. The lowest BCUT2D eigenvalue weighted by molar-refractivity contribution is 0.0941. The van der Waals surface area contributed by atoms with Crippen molar-refractivity contribution in [2.24, 2.45) is 0 Å². The van der Waals surface area contributed by atoms with Gasteiger partial charge in [0.25, 0.3) is 15.9 Å². The van der Waals surface area contributed by atoms with Crippen LogP contribution in [0.3, 0.4) is 0 Å². The van der Waals surface area contributed by atoms with E-state index >= 15 is 0 Å². The molecule has 0 heterocycles. The second kappa shape index (κ2) is 9.97. The molecule has 6 nitrogen and oxygen atoms in total. The van der Waals surface area contributed by atoms with Crippen molar-refractivity contribution in [2.75, 3.05) is 25.4 Å². The molecule has 32 heavy (non-hydrogen) atoms. The Morgan fingerprint density at radius 2 is 1.59 bits per heavy atom. The van der Waals surface area contributed by atoms with E-state index in [0.29, 0.717) is 23.4 Å². The number of carbonyl (C=O) groups excluding carboxylic acids is 1. The van der Waals surface area contributed by atoms with Gasteiger partial charge >= 0.3 is 0 Å². The number of hydrogen-bond donors (Lipinski definition) is 2. The minimum atomic E-state index is -3.82. The molecule has 0 saturated heterocycles. The van der Waals surface area contributed by atoms with Gasteiger partial charge in [0.15, 0.2) is 0 Å². The maximum Gasteiger partial charge on any atom is 0.261 e. The minimum absolute atomic E-state index is 0.00410. The summed E-state index contributed by atoms with van der Waals surface area (Å²) >= 11 is 0. The van der Waals surface area contributed by atoms with Crippen molar-refractivity contribution in [2.45, 2.75) is 24.8 Å². The van der Waals surface area contributed by atoms with E-state index in [-0.39, 0.29) is 16.8 Å². The van der Waals surface area contributed by atoms with Crippen LogP contribution in [0.2, 0.25) is 0 Å². The molecule has 0 saturated carbocycles. The highest BCUT2D eigenvalue weighted by atomic mass is 32.2. The SMILES string of the molecule is Cc1ccc(NS(=O)(=O)c2ccc(C)c(C(=O)NC[C@@H](c3ccccc3)N(C)C)c2)cc1. The van der Waals surface area contributed by atoms with Gasteiger partial charge < -0.3 is 10.2 Å². The van der Waals surface area contributed by atoms with Crippen LogP contribution in [-0.2, 0) is 10.0 Å². The van der Waals surface area contributed by atoms with Crippen LogP contribution >= 0.6 is 0 Å². The van der Waals surface area contributed by atoms with Crippen molar-refractivity contribution < 1.29 is 13.2 Å². The Morgan fingerprint density at radius 3 is 2.22 bits per heavy atom. The monoisotopic (exact) mass is 451 g/mol. The highest BCUT2D eigenvalue weighted by molar-refractivity contribution is 7.92. The molecule has 0 aliphatic rings. The number of sulfonamides is 1. The number of amides is 1. The van der Waals surface area contributed by atoms with Gasteiger partial charge in [0.2, 0.25) is 0 Å². The summed E-state index contributed by atoms with van der Waals surface area (Å²) in [6.45, 7) is 4.12. The molecule has 0 radical (unpaired) electrons. The number of likely N-dealkylation sites (N-methyl/N-ethyl adjacent to an activating group) is 1. The quantitative estimate of drug-likeness (QED) is 0.540. The molecule has 0 unspecified atom stereocenters. The van der Waals surface area contributed by atoms with Crippen molar-refractivity contribution in [3.63, 3.8) is 0 Å². The Bertz CT molecular complexity index is 1170. The summed E-state index contributed by atoms with van der Waals surface area (Å²) in [6.07, 6.45) is 0. The predicted molar refractivity (Wildman–Crippen MR) is 128 cm³/mol. The second-order valence-electron chi connectivity index (χ2n) is 8.05. The van der Waals surface area contributed by atoms with Crippen LogP contribution in [0.5, 0.6) is 0 Å². The van der Waals surface area contributed by atoms with Crippen molar-refractivity contribution in [1.82, 2.24) is 10.2 Å². The van der Waals surface area contributed by atoms with Crippen molar-refractivity contribution in [3.05, 3.63) is 95.1 Å². The van der Waals surface area contributed by atoms with E-state index in [1.165, 1.54) is 12.1 Å². The molecule has 3 rings (SSSR count). The fourth-order valence-electron chi connectivity index (χ4n) is 3.41. The highest BCUT2D eigenvalue weighted by Crippen LogP contribution is 2.21. The van der Waals surface area contributed by atoms with Crippen LogP contribution in [0.15, 0.2) is 77.7 Å². The average molecular weight is 452 g/mol. The predicted octanol–water partition coefficient (Wildman–Crippen LogP) is 4.14. The summed E-state index contributed by atoms with van der Waals surface area (Å²) in [7, 11) is 0.0898. The molecule has 0 aliphatic heterocycles. The van der Waals surface area contributed by atoms with Crippen LogP contribution < -0.4 is 10.0 Å². The molecule has 0 aliphatic carbocycles. The normalized spacial score (nSPS) is 12.4. The van der Waals surface area contributed by atoms with Gasteiger partial charge in [-0.25, -0.2) is 8.42 Å². The molecule has 0 aromatic heterocycles. The van der Waals surface area contributed by atoms with Crippen LogP contribution in [0.1, 0.15) is 33.1 Å². The average Bonchev–Trinajstić information content (AvgIpc) is 2.76. The number of anilines is 1. The van der Waals surface area contributed by atoms with E-state index in [4.69, 9.17) is 0 Å². The van der Waals surface area contributed by atoms with Gasteiger partial charge in [-0.3, -0.25) is 9.52 Å². The van der Waals surface area contributed by atoms with Crippen molar-refractivity contribution in [3.8, 4) is 0 Å². The molecule has 0 bridgehead atoms. The molecule has 3 aromatic carbocycles. The van der Waals surface area contributed by atoms with Gasteiger partial charge in [-0.05, 0) is 63.3 Å². The first-order valence-electron chi connectivity index (χ1n) is 10.4. The van der Waals surface area contributed by atoms with Gasteiger partial charge in [0.1, 0.15) is 0 Å². The Labute approximate surface area is 190 Å². The number of benzene rings is 3. The van der Waals surface area contributed by atoms with Gasteiger partial charge in [-0.1, -0.05) is 54.1 Å².